The van der Waals surface area contributed by atoms with Crippen LogP contribution in [0.4, 0.5) is 13.2 Å². The Kier molecular flexibility index (Phi) is 7.57. The molecule has 0 saturated heterocycles. The van der Waals surface area contributed by atoms with Gasteiger partial charge in [-0.3, -0.25) is 8.74 Å². The molecule has 6 nitrogen and oxygen atoms in total. The van der Waals surface area contributed by atoms with Gasteiger partial charge in [0, 0.05) is 0 Å². The van der Waals surface area contributed by atoms with Crippen LogP contribution in [0.15, 0.2) is 11.9 Å². The predicted molar refractivity (Wildman–Crippen MR) is 48.6 cm³/mol. The molecule has 1 N–H and O–H groups in total. The van der Waals surface area contributed by atoms with Gasteiger partial charge in [0.25, 0.3) is 20.2 Å². The Bertz CT molecular complexity index is 425. The van der Waals surface area contributed by atoms with Gasteiger partial charge < -0.3 is 0 Å². The smallest absolute Gasteiger partial charge is 0.286 e. The summed E-state index contributed by atoms with van der Waals surface area (Å²) >= 11 is 0. The molecule has 0 bridgehead atoms. The van der Waals surface area contributed by atoms with Crippen molar-refractivity contribution >= 4 is 20.2 Å². The number of hydrogen-bond acceptors (Lipinski definition) is 5. The van der Waals surface area contributed by atoms with Gasteiger partial charge >= 0.3 is 6.08 Å². The zero-order chi connectivity index (χ0) is 13.6. The lowest BCUT2D eigenvalue weighted by Crippen LogP contribution is -2.04. The summed E-state index contributed by atoms with van der Waals surface area (Å²) in [6.07, 6.45) is -1.22. The minimum atomic E-state index is -3.86. The highest BCUT2D eigenvalue weighted by Gasteiger charge is 2.09. The molecule has 98 valence electrons. The van der Waals surface area contributed by atoms with Gasteiger partial charge in [0.15, 0.2) is 5.83 Å². The molecular formula is C5H9F3O6S2. The predicted octanol–water partition coefficient (Wildman–Crippen LogP) is 0.544. The van der Waals surface area contributed by atoms with Gasteiger partial charge in [-0.2, -0.15) is 25.6 Å². The van der Waals surface area contributed by atoms with E-state index in [1.807, 2.05) is 0 Å². The molecule has 0 spiro atoms. The second-order valence-electron chi connectivity index (χ2n) is 2.36. The van der Waals surface area contributed by atoms with Crippen LogP contribution in [0.25, 0.3) is 0 Å². The van der Waals surface area contributed by atoms with E-state index in [0.717, 1.165) is 0 Å². The summed E-state index contributed by atoms with van der Waals surface area (Å²) in [6.45, 7) is -1.25. The van der Waals surface area contributed by atoms with Crippen molar-refractivity contribution in [3.05, 3.63) is 11.9 Å². The highest BCUT2D eigenvalue weighted by atomic mass is 32.2. The Morgan fingerprint density at radius 3 is 1.62 bits per heavy atom. The highest BCUT2D eigenvalue weighted by Crippen LogP contribution is 2.09. The first kappa shape index (κ1) is 17.7. The molecule has 0 heterocycles. The van der Waals surface area contributed by atoms with Crippen LogP contribution in [-0.4, -0.2) is 40.5 Å². The normalized spacial score (nSPS) is 11.4. The topological polar surface area (TPSA) is 97.7 Å². The van der Waals surface area contributed by atoms with Crippen LogP contribution in [0, 0.1) is 0 Å². The van der Waals surface area contributed by atoms with Crippen LogP contribution >= 0.6 is 0 Å². The molecule has 0 saturated carbocycles. The highest BCUT2D eigenvalue weighted by molar-refractivity contribution is 7.86. The van der Waals surface area contributed by atoms with E-state index >= 15 is 0 Å². The van der Waals surface area contributed by atoms with Crippen molar-refractivity contribution in [2.75, 3.05) is 19.1 Å². The lowest BCUT2D eigenvalue weighted by Gasteiger charge is -1.96. The Morgan fingerprint density at radius 1 is 1.12 bits per heavy atom. The zero-order valence-electron chi connectivity index (χ0n) is 8.15. The molecule has 0 amide bonds. The maximum atomic E-state index is 11.8. The van der Waals surface area contributed by atoms with Crippen LogP contribution < -0.4 is 0 Å². The monoisotopic (exact) mass is 286 g/mol. The zero-order valence-corrected chi connectivity index (χ0v) is 9.78. The summed E-state index contributed by atoms with van der Waals surface area (Å²) in [5, 5.41) is 0. The van der Waals surface area contributed by atoms with Gasteiger partial charge in [0.1, 0.15) is 6.61 Å². The van der Waals surface area contributed by atoms with Crippen LogP contribution in [0.3, 0.4) is 0 Å². The Balaban J connectivity index is 0. The summed E-state index contributed by atoms with van der Waals surface area (Å²) in [5.41, 5.74) is 0. The summed E-state index contributed by atoms with van der Waals surface area (Å²) in [6, 6.07) is 0. The Morgan fingerprint density at radius 2 is 1.44 bits per heavy atom. The second kappa shape index (κ2) is 6.83. The van der Waals surface area contributed by atoms with Crippen molar-refractivity contribution in [1.82, 2.24) is 0 Å². The summed E-state index contributed by atoms with van der Waals surface area (Å²) in [4.78, 5) is 0. The van der Waals surface area contributed by atoms with Crippen molar-refractivity contribution in [3.8, 4) is 0 Å². The lowest BCUT2D eigenvalue weighted by molar-refractivity contribution is 0.291. The minimum Gasteiger partial charge on any atom is -0.286 e. The summed E-state index contributed by atoms with van der Waals surface area (Å²) < 4.78 is 84.0. The molecule has 0 aliphatic rings. The fraction of sp³-hybridized carbons (Fsp3) is 0.600. The Labute approximate surface area is 90.6 Å². The van der Waals surface area contributed by atoms with E-state index in [9.17, 15) is 30.0 Å². The Hall–Kier alpha value is -0.650. The first-order chi connectivity index (χ1) is 6.83. The van der Waals surface area contributed by atoms with E-state index in [2.05, 4.69) is 4.18 Å². The molecule has 16 heavy (non-hydrogen) atoms. The molecule has 0 unspecified atom stereocenters. The van der Waals surface area contributed by atoms with E-state index in [1.165, 1.54) is 0 Å². The maximum absolute atomic E-state index is 11.8. The first-order valence-corrected chi connectivity index (χ1v) is 6.96. The van der Waals surface area contributed by atoms with Crippen molar-refractivity contribution in [1.29, 1.82) is 0 Å². The molecule has 0 aromatic heterocycles. The van der Waals surface area contributed by atoms with Gasteiger partial charge in [-0.25, -0.2) is 4.39 Å². The summed E-state index contributed by atoms with van der Waals surface area (Å²) in [5.74, 6) is -1.88. The van der Waals surface area contributed by atoms with E-state index in [1.54, 1.807) is 0 Å². The van der Waals surface area contributed by atoms with Crippen LogP contribution in [-0.2, 0) is 24.4 Å². The molecule has 0 radical (unpaired) electrons. The minimum absolute atomic E-state index is 0.635. The quantitative estimate of drug-likeness (QED) is 0.601. The average molecular weight is 286 g/mol. The fourth-order valence-electron chi connectivity index (χ4n) is 0.213. The molecule has 0 rings (SSSR count). The lowest BCUT2D eigenvalue weighted by atomic mass is 10.6. The molecule has 0 aliphatic carbocycles. The molecule has 0 fully saturated rings. The molecule has 0 atom stereocenters. The van der Waals surface area contributed by atoms with E-state index < -0.39 is 38.8 Å². The SMILES string of the molecule is CS(=O)(=O)O.CS(=O)(=O)OCC(F)=C(F)F. The van der Waals surface area contributed by atoms with Crippen molar-refractivity contribution in [2.45, 2.75) is 0 Å². The van der Waals surface area contributed by atoms with Gasteiger partial charge in [-0.1, -0.05) is 0 Å². The fourth-order valence-corrected chi connectivity index (χ4v) is 0.531. The first-order valence-electron chi connectivity index (χ1n) is 3.29. The molecule has 0 aliphatic heterocycles. The standard InChI is InChI=1S/C4H5F3O3S.CH4O3S/c1-11(8,9)10-2-3(5)4(6)7;1-5(2,3)4/h2H2,1H3;1H3,(H,2,3,4). The van der Waals surface area contributed by atoms with Crippen molar-refractivity contribution in [3.63, 3.8) is 0 Å². The van der Waals surface area contributed by atoms with Gasteiger partial charge in [-0.05, 0) is 0 Å². The third kappa shape index (κ3) is 23.3. The third-order valence-electron chi connectivity index (χ3n) is 0.605. The van der Waals surface area contributed by atoms with Gasteiger partial charge in [0.2, 0.25) is 0 Å². The number of halogens is 3. The molecule has 0 aromatic rings. The number of hydrogen-bond donors (Lipinski definition) is 1. The van der Waals surface area contributed by atoms with Crippen molar-refractivity contribution < 1.29 is 38.7 Å². The van der Waals surface area contributed by atoms with E-state index in [4.69, 9.17) is 4.55 Å². The van der Waals surface area contributed by atoms with Gasteiger partial charge in [0.05, 0.1) is 12.5 Å². The molecule has 0 aromatic carbocycles. The van der Waals surface area contributed by atoms with Crippen LogP contribution in [0.5, 0.6) is 0 Å². The maximum Gasteiger partial charge on any atom is 0.303 e. The van der Waals surface area contributed by atoms with Gasteiger partial charge in [-0.15, -0.1) is 0 Å². The molecular weight excluding hydrogens is 277 g/mol. The van der Waals surface area contributed by atoms with Crippen LogP contribution in [0.2, 0.25) is 0 Å². The largest absolute Gasteiger partial charge is 0.303 e. The average Bonchev–Trinajstić information content (AvgIpc) is 1.95. The van der Waals surface area contributed by atoms with Crippen molar-refractivity contribution in [2.24, 2.45) is 0 Å². The number of rotatable bonds is 3. The third-order valence-corrected chi connectivity index (χ3v) is 1.15. The van der Waals surface area contributed by atoms with E-state index in [-0.39, 0.29) is 0 Å². The molecule has 11 heteroatoms. The van der Waals surface area contributed by atoms with Crippen LogP contribution in [0.1, 0.15) is 0 Å². The summed E-state index contributed by atoms with van der Waals surface area (Å²) in [7, 11) is -7.53. The second-order valence-corrected chi connectivity index (χ2v) is 5.47. The van der Waals surface area contributed by atoms with E-state index in [0.29, 0.717) is 12.5 Å².